The average Bonchev–Trinajstić information content (AvgIpc) is 2.76. The van der Waals surface area contributed by atoms with Crippen molar-refractivity contribution in [2.45, 2.75) is 39.0 Å². The van der Waals surface area contributed by atoms with Crippen LogP contribution in [0.5, 0.6) is 0 Å². The predicted octanol–water partition coefficient (Wildman–Crippen LogP) is 1.33. The zero-order valence-electron chi connectivity index (χ0n) is 10.8. The highest BCUT2D eigenvalue weighted by Gasteiger charge is 2.19. The van der Waals surface area contributed by atoms with Crippen LogP contribution in [0.15, 0.2) is 0 Å². The number of nitrogen functional groups attached to an aromatic ring is 1. The van der Waals surface area contributed by atoms with Gasteiger partial charge in [0.1, 0.15) is 0 Å². The lowest BCUT2D eigenvalue weighted by Gasteiger charge is -2.26. The Morgan fingerprint density at radius 1 is 1.56 bits per heavy atom. The van der Waals surface area contributed by atoms with Gasteiger partial charge in [0.15, 0.2) is 0 Å². The average molecular weight is 251 g/mol. The molecule has 0 bridgehead atoms. The molecule has 18 heavy (non-hydrogen) atoms. The smallest absolute Gasteiger partial charge is 0.288 e. The van der Waals surface area contributed by atoms with Crippen molar-refractivity contribution in [2.24, 2.45) is 11.8 Å². The first kappa shape index (κ1) is 12.9. The van der Waals surface area contributed by atoms with E-state index < -0.39 is 0 Å². The molecule has 1 aromatic rings. The number of H-pyrrole nitrogens is 1. The van der Waals surface area contributed by atoms with Crippen molar-refractivity contribution in [1.82, 2.24) is 20.5 Å². The SMILES string of the molecule is CC1CCCC(CCNC(=O)c2nc(N)n[nH]2)C1. The highest BCUT2D eigenvalue weighted by Crippen LogP contribution is 2.30. The number of carbonyl (C=O) groups is 1. The molecule has 6 heteroatoms. The quantitative estimate of drug-likeness (QED) is 0.752. The van der Waals surface area contributed by atoms with Crippen LogP contribution in [0.1, 0.15) is 49.6 Å². The summed E-state index contributed by atoms with van der Waals surface area (Å²) in [7, 11) is 0. The first-order valence-electron chi connectivity index (χ1n) is 6.61. The third-order valence-corrected chi connectivity index (χ3v) is 3.60. The second-order valence-electron chi connectivity index (χ2n) is 5.22. The summed E-state index contributed by atoms with van der Waals surface area (Å²) in [5, 5.41) is 8.98. The number of carbonyl (C=O) groups excluding carboxylic acids is 1. The van der Waals surface area contributed by atoms with Gasteiger partial charge in [-0.05, 0) is 24.7 Å². The fourth-order valence-corrected chi connectivity index (χ4v) is 2.67. The van der Waals surface area contributed by atoms with Gasteiger partial charge in [-0.3, -0.25) is 9.89 Å². The number of rotatable bonds is 4. The van der Waals surface area contributed by atoms with Crippen molar-refractivity contribution < 1.29 is 4.79 Å². The number of nitrogens with one attached hydrogen (secondary N) is 2. The minimum absolute atomic E-state index is 0.0984. The summed E-state index contributed by atoms with van der Waals surface area (Å²) in [5.74, 6) is 1.62. The Kier molecular flexibility index (Phi) is 4.17. The van der Waals surface area contributed by atoms with Crippen LogP contribution >= 0.6 is 0 Å². The molecule has 2 unspecified atom stereocenters. The zero-order valence-corrected chi connectivity index (χ0v) is 10.8. The Morgan fingerprint density at radius 2 is 2.39 bits per heavy atom. The second kappa shape index (κ2) is 5.84. The fourth-order valence-electron chi connectivity index (χ4n) is 2.67. The van der Waals surface area contributed by atoms with Crippen molar-refractivity contribution >= 4 is 11.9 Å². The molecule has 0 saturated heterocycles. The molecule has 4 N–H and O–H groups in total. The monoisotopic (exact) mass is 251 g/mol. The van der Waals surface area contributed by atoms with E-state index in [1.165, 1.54) is 25.7 Å². The summed E-state index contributed by atoms with van der Waals surface area (Å²) in [6, 6.07) is 0. The number of hydrogen-bond acceptors (Lipinski definition) is 4. The first-order valence-corrected chi connectivity index (χ1v) is 6.61. The lowest BCUT2D eigenvalue weighted by Crippen LogP contribution is -2.28. The van der Waals surface area contributed by atoms with E-state index in [2.05, 4.69) is 27.4 Å². The molecule has 0 radical (unpaired) electrons. The predicted molar refractivity (Wildman–Crippen MR) is 68.9 cm³/mol. The van der Waals surface area contributed by atoms with Gasteiger partial charge in [0.05, 0.1) is 0 Å². The highest BCUT2D eigenvalue weighted by molar-refractivity contribution is 5.90. The Balaban J connectivity index is 1.70. The Hall–Kier alpha value is -1.59. The van der Waals surface area contributed by atoms with E-state index in [1.807, 2.05) is 0 Å². The van der Waals surface area contributed by atoms with Gasteiger partial charge in [0, 0.05) is 6.54 Å². The molecule has 0 aromatic carbocycles. The number of amides is 1. The van der Waals surface area contributed by atoms with E-state index in [4.69, 9.17) is 5.73 Å². The van der Waals surface area contributed by atoms with Gasteiger partial charge in [0.25, 0.3) is 5.91 Å². The lowest BCUT2D eigenvalue weighted by molar-refractivity contribution is 0.0939. The van der Waals surface area contributed by atoms with Gasteiger partial charge < -0.3 is 11.1 Å². The van der Waals surface area contributed by atoms with E-state index in [0.29, 0.717) is 6.54 Å². The van der Waals surface area contributed by atoms with Crippen LogP contribution in [0, 0.1) is 11.8 Å². The van der Waals surface area contributed by atoms with Crippen molar-refractivity contribution in [2.75, 3.05) is 12.3 Å². The van der Waals surface area contributed by atoms with Gasteiger partial charge in [-0.25, -0.2) is 0 Å². The molecule has 1 heterocycles. The Labute approximate surface area is 107 Å². The summed E-state index contributed by atoms with van der Waals surface area (Å²) >= 11 is 0. The van der Waals surface area contributed by atoms with Gasteiger partial charge in [-0.1, -0.05) is 26.2 Å². The zero-order chi connectivity index (χ0) is 13.0. The maximum atomic E-state index is 11.7. The minimum atomic E-state index is -0.233. The largest absolute Gasteiger partial charge is 0.366 e. The van der Waals surface area contributed by atoms with Crippen LogP contribution in [0.4, 0.5) is 5.95 Å². The number of hydrogen-bond donors (Lipinski definition) is 3. The number of nitrogens with zero attached hydrogens (tertiary/aromatic N) is 2. The van der Waals surface area contributed by atoms with E-state index in [-0.39, 0.29) is 17.7 Å². The van der Waals surface area contributed by atoms with Crippen LogP contribution in [0.25, 0.3) is 0 Å². The Bertz CT molecular complexity index is 403. The number of aromatic nitrogens is 3. The van der Waals surface area contributed by atoms with Gasteiger partial charge >= 0.3 is 0 Å². The summed E-state index contributed by atoms with van der Waals surface area (Å²) in [4.78, 5) is 15.5. The molecule has 0 aliphatic heterocycles. The molecule has 2 rings (SSSR count). The van der Waals surface area contributed by atoms with Crippen LogP contribution in [0.3, 0.4) is 0 Å². The van der Waals surface area contributed by atoms with E-state index >= 15 is 0 Å². The lowest BCUT2D eigenvalue weighted by atomic mass is 9.81. The molecule has 1 fully saturated rings. The number of anilines is 1. The number of nitrogens with two attached hydrogens (primary N) is 1. The minimum Gasteiger partial charge on any atom is -0.366 e. The molecule has 1 aliphatic carbocycles. The third kappa shape index (κ3) is 3.45. The normalized spacial score (nSPS) is 23.8. The summed E-state index contributed by atoms with van der Waals surface area (Å²) < 4.78 is 0. The van der Waals surface area contributed by atoms with Crippen LogP contribution in [0.2, 0.25) is 0 Å². The molecule has 1 amide bonds. The first-order chi connectivity index (χ1) is 8.65. The van der Waals surface area contributed by atoms with Gasteiger partial charge in [-0.15, -0.1) is 5.10 Å². The Morgan fingerprint density at radius 3 is 3.06 bits per heavy atom. The fraction of sp³-hybridized carbons (Fsp3) is 0.750. The second-order valence-corrected chi connectivity index (χ2v) is 5.22. The topological polar surface area (TPSA) is 96.7 Å². The molecule has 1 aromatic heterocycles. The molecule has 1 saturated carbocycles. The van der Waals surface area contributed by atoms with Crippen molar-refractivity contribution in [3.05, 3.63) is 5.82 Å². The molecule has 100 valence electrons. The van der Waals surface area contributed by atoms with Crippen molar-refractivity contribution in [3.8, 4) is 0 Å². The van der Waals surface area contributed by atoms with Crippen molar-refractivity contribution in [1.29, 1.82) is 0 Å². The van der Waals surface area contributed by atoms with Crippen LogP contribution in [-0.4, -0.2) is 27.6 Å². The highest BCUT2D eigenvalue weighted by atomic mass is 16.2. The third-order valence-electron chi connectivity index (χ3n) is 3.60. The van der Waals surface area contributed by atoms with Gasteiger partial charge in [0.2, 0.25) is 11.8 Å². The summed E-state index contributed by atoms with van der Waals surface area (Å²) in [6.07, 6.45) is 6.28. The van der Waals surface area contributed by atoms with E-state index in [9.17, 15) is 4.79 Å². The number of aromatic amines is 1. The molecule has 0 spiro atoms. The molecular formula is C12H21N5O. The van der Waals surface area contributed by atoms with E-state index in [1.54, 1.807) is 0 Å². The van der Waals surface area contributed by atoms with Crippen molar-refractivity contribution in [3.63, 3.8) is 0 Å². The molecule has 2 atom stereocenters. The van der Waals surface area contributed by atoms with Crippen LogP contribution in [-0.2, 0) is 0 Å². The summed E-state index contributed by atoms with van der Waals surface area (Å²) in [6.45, 7) is 3.00. The van der Waals surface area contributed by atoms with E-state index in [0.717, 1.165) is 18.3 Å². The molecule has 6 nitrogen and oxygen atoms in total. The summed E-state index contributed by atoms with van der Waals surface area (Å²) in [5.41, 5.74) is 5.34. The van der Waals surface area contributed by atoms with Gasteiger partial charge in [-0.2, -0.15) is 4.98 Å². The van der Waals surface area contributed by atoms with Crippen LogP contribution < -0.4 is 11.1 Å². The molecule has 1 aliphatic rings. The maximum absolute atomic E-state index is 11.7. The molecular weight excluding hydrogens is 230 g/mol. The maximum Gasteiger partial charge on any atom is 0.288 e. The standard InChI is InChI=1S/C12H21N5O/c1-8-3-2-4-9(7-8)5-6-14-11(18)10-15-12(13)17-16-10/h8-9H,2-7H2,1H3,(H,14,18)(H3,13,15,16,17).